The second kappa shape index (κ2) is 8.01. The summed E-state index contributed by atoms with van der Waals surface area (Å²) in [4.78, 5) is 24.3. The Bertz CT molecular complexity index is 979. The Morgan fingerprint density at radius 3 is 2.71 bits per heavy atom. The van der Waals surface area contributed by atoms with Gasteiger partial charge in [-0.15, -0.1) is 0 Å². The van der Waals surface area contributed by atoms with Crippen molar-refractivity contribution in [2.45, 2.75) is 26.9 Å². The zero-order chi connectivity index (χ0) is 20.3. The van der Waals surface area contributed by atoms with Gasteiger partial charge in [0, 0.05) is 5.56 Å². The molecule has 0 unspecified atom stereocenters. The molecule has 150 valence electrons. The SMILES string of the molecule is Cc1noc(C)c1COc1cccc(C(=O)NNC(=O)[C@H]2CCS(=O)(=O)C2)c1. The van der Waals surface area contributed by atoms with Crippen LogP contribution in [0.5, 0.6) is 5.75 Å². The van der Waals surface area contributed by atoms with E-state index in [1.165, 1.54) is 0 Å². The van der Waals surface area contributed by atoms with Gasteiger partial charge in [0.15, 0.2) is 9.84 Å². The van der Waals surface area contributed by atoms with Crippen molar-refractivity contribution in [2.24, 2.45) is 5.92 Å². The Morgan fingerprint density at radius 2 is 2.07 bits per heavy atom. The molecule has 2 amide bonds. The van der Waals surface area contributed by atoms with E-state index in [0.717, 1.165) is 11.3 Å². The molecule has 2 heterocycles. The van der Waals surface area contributed by atoms with Crippen LogP contribution in [-0.4, -0.2) is 36.9 Å². The van der Waals surface area contributed by atoms with Crippen molar-refractivity contribution in [3.05, 3.63) is 46.8 Å². The first-order chi connectivity index (χ1) is 13.2. The highest BCUT2D eigenvalue weighted by molar-refractivity contribution is 7.91. The van der Waals surface area contributed by atoms with Gasteiger partial charge in [-0.05, 0) is 38.5 Å². The van der Waals surface area contributed by atoms with E-state index >= 15 is 0 Å². The highest BCUT2D eigenvalue weighted by Crippen LogP contribution is 2.19. The van der Waals surface area contributed by atoms with Gasteiger partial charge in [-0.1, -0.05) is 11.2 Å². The number of hydrazine groups is 1. The zero-order valence-corrected chi connectivity index (χ0v) is 16.3. The van der Waals surface area contributed by atoms with Crippen molar-refractivity contribution in [2.75, 3.05) is 11.5 Å². The summed E-state index contributed by atoms with van der Waals surface area (Å²) in [5.74, 6) is -0.750. The lowest BCUT2D eigenvalue weighted by atomic mass is 10.1. The normalized spacial score (nSPS) is 17.9. The fraction of sp³-hybridized carbons (Fsp3) is 0.389. The average molecular weight is 407 g/mol. The molecule has 0 aliphatic carbocycles. The Hall–Kier alpha value is -2.88. The molecule has 1 fully saturated rings. The van der Waals surface area contributed by atoms with Crippen LogP contribution in [0.25, 0.3) is 0 Å². The van der Waals surface area contributed by atoms with Gasteiger partial charge < -0.3 is 9.26 Å². The summed E-state index contributed by atoms with van der Waals surface area (Å²) in [6.07, 6.45) is 0.259. The van der Waals surface area contributed by atoms with Gasteiger partial charge in [-0.2, -0.15) is 0 Å². The minimum absolute atomic E-state index is 0.0104. The predicted molar refractivity (Wildman–Crippen MR) is 99.1 cm³/mol. The minimum Gasteiger partial charge on any atom is -0.489 e. The van der Waals surface area contributed by atoms with Crippen LogP contribution in [0.2, 0.25) is 0 Å². The molecular weight excluding hydrogens is 386 g/mol. The van der Waals surface area contributed by atoms with Crippen LogP contribution >= 0.6 is 0 Å². The van der Waals surface area contributed by atoms with Gasteiger partial charge in [0.05, 0.1) is 28.7 Å². The van der Waals surface area contributed by atoms with E-state index in [0.29, 0.717) is 11.5 Å². The van der Waals surface area contributed by atoms with E-state index in [1.54, 1.807) is 31.2 Å². The first kappa shape index (κ1) is 19.9. The highest BCUT2D eigenvalue weighted by atomic mass is 32.2. The number of hydrogen-bond donors (Lipinski definition) is 2. The summed E-state index contributed by atoms with van der Waals surface area (Å²) < 4.78 is 33.7. The Morgan fingerprint density at radius 1 is 1.29 bits per heavy atom. The van der Waals surface area contributed by atoms with E-state index < -0.39 is 27.6 Å². The maximum atomic E-state index is 12.3. The number of amides is 2. The quantitative estimate of drug-likeness (QED) is 0.710. The van der Waals surface area contributed by atoms with Gasteiger partial charge in [0.2, 0.25) is 5.91 Å². The maximum absolute atomic E-state index is 12.3. The molecule has 1 aromatic carbocycles. The molecule has 0 bridgehead atoms. The van der Waals surface area contributed by atoms with Crippen molar-refractivity contribution in [3.63, 3.8) is 0 Å². The number of ether oxygens (including phenoxy) is 1. The molecule has 1 aliphatic rings. The van der Waals surface area contributed by atoms with Gasteiger partial charge in [0.1, 0.15) is 18.1 Å². The molecule has 0 radical (unpaired) electrons. The third-order valence-corrected chi connectivity index (χ3v) is 6.33. The first-order valence-corrected chi connectivity index (χ1v) is 10.5. The predicted octanol–water partition coefficient (Wildman–Crippen LogP) is 1.07. The number of sulfone groups is 1. The number of nitrogens with zero attached hydrogens (tertiary/aromatic N) is 1. The van der Waals surface area contributed by atoms with E-state index in [9.17, 15) is 18.0 Å². The summed E-state index contributed by atoms with van der Waals surface area (Å²) >= 11 is 0. The summed E-state index contributed by atoms with van der Waals surface area (Å²) in [7, 11) is -3.17. The maximum Gasteiger partial charge on any atom is 0.269 e. The third kappa shape index (κ3) is 4.69. The number of aromatic nitrogens is 1. The van der Waals surface area contributed by atoms with Crippen LogP contribution in [0.4, 0.5) is 0 Å². The molecule has 3 rings (SSSR count). The van der Waals surface area contributed by atoms with E-state index in [1.807, 2.05) is 6.92 Å². The van der Waals surface area contributed by atoms with Crippen molar-refractivity contribution < 1.29 is 27.3 Å². The molecule has 28 heavy (non-hydrogen) atoms. The molecular formula is C18H21N3O6S. The molecule has 10 heteroatoms. The van der Waals surface area contributed by atoms with Crippen LogP contribution in [0.1, 0.15) is 33.8 Å². The number of rotatable bonds is 5. The average Bonchev–Trinajstić information content (AvgIpc) is 3.19. The molecule has 0 saturated carbocycles. The van der Waals surface area contributed by atoms with E-state index in [4.69, 9.17) is 9.26 Å². The largest absolute Gasteiger partial charge is 0.489 e. The number of nitrogens with one attached hydrogen (secondary N) is 2. The number of carbonyl (C=O) groups is 2. The Labute approximate surface area is 162 Å². The van der Waals surface area contributed by atoms with E-state index in [2.05, 4.69) is 16.0 Å². The van der Waals surface area contributed by atoms with Crippen LogP contribution in [0, 0.1) is 19.8 Å². The van der Waals surface area contributed by atoms with Gasteiger partial charge >= 0.3 is 0 Å². The molecule has 2 N–H and O–H groups in total. The lowest BCUT2D eigenvalue weighted by Crippen LogP contribution is -2.44. The summed E-state index contributed by atoms with van der Waals surface area (Å²) in [5, 5.41) is 3.86. The summed E-state index contributed by atoms with van der Waals surface area (Å²) in [6.45, 7) is 3.86. The second-order valence-corrected chi connectivity index (χ2v) is 8.89. The molecule has 9 nitrogen and oxygen atoms in total. The van der Waals surface area contributed by atoms with E-state index in [-0.39, 0.29) is 30.1 Å². The molecule has 0 spiro atoms. The lowest BCUT2D eigenvalue weighted by molar-refractivity contribution is -0.125. The fourth-order valence-corrected chi connectivity index (χ4v) is 4.63. The van der Waals surface area contributed by atoms with Crippen molar-refractivity contribution in [1.29, 1.82) is 0 Å². The fourth-order valence-electron chi connectivity index (χ4n) is 2.88. The molecule has 1 aromatic heterocycles. The van der Waals surface area contributed by atoms with Crippen LogP contribution in [-0.2, 0) is 21.2 Å². The minimum atomic E-state index is -3.17. The monoisotopic (exact) mass is 407 g/mol. The lowest BCUT2D eigenvalue weighted by Gasteiger charge is -2.11. The van der Waals surface area contributed by atoms with Gasteiger partial charge in [0.25, 0.3) is 5.91 Å². The number of benzene rings is 1. The van der Waals surface area contributed by atoms with Gasteiger partial charge in [-0.25, -0.2) is 8.42 Å². The smallest absolute Gasteiger partial charge is 0.269 e. The van der Waals surface area contributed by atoms with Crippen molar-refractivity contribution in [1.82, 2.24) is 16.0 Å². The topological polar surface area (TPSA) is 128 Å². The van der Waals surface area contributed by atoms with Gasteiger partial charge in [-0.3, -0.25) is 20.4 Å². The Balaban J connectivity index is 1.56. The number of hydrogen-bond acceptors (Lipinski definition) is 7. The third-order valence-electron chi connectivity index (χ3n) is 4.56. The summed E-state index contributed by atoms with van der Waals surface area (Å²) in [5.41, 5.74) is 6.46. The molecule has 1 atom stereocenters. The number of aryl methyl sites for hydroxylation is 2. The van der Waals surface area contributed by atoms with Crippen molar-refractivity contribution in [3.8, 4) is 5.75 Å². The second-order valence-electron chi connectivity index (χ2n) is 6.66. The van der Waals surface area contributed by atoms with Crippen LogP contribution in [0.15, 0.2) is 28.8 Å². The Kier molecular flexibility index (Phi) is 5.68. The molecule has 1 aliphatic heterocycles. The standard InChI is InChI=1S/C18H21N3O6S/c1-11-16(12(2)27-21-11)9-26-15-5-3-4-13(8-15)17(22)19-20-18(23)14-6-7-28(24,25)10-14/h3-5,8,14H,6-7,9-10H2,1-2H3,(H,19,22)(H,20,23)/t14-/m0/s1. The van der Waals surface area contributed by atoms with Crippen LogP contribution < -0.4 is 15.6 Å². The first-order valence-electron chi connectivity index (χ1n) is 8.70. The zero-order valence-electron chi connectivity index (χ0n) is 15.5. The summed E-state index contributed by atoms with van der Waals surface area (Å²) in [6, 6.07) is 6.48. The molecule has 1 saturated heterocycles. The van der Waals surface area contributed by atoms with Crippen molar-refractivity contribution >= 4 is 21.7 Å². The molecule has 2 aromatic rings. The highest BCUT2D eigenvalue weighted by Gasteiger charge is 2.33. The van der Waals surface area contributed by atoms with Crippen LogP contribution in [0.3, 0.4) is 0 Å². The number of carbonyl (C=O) groups excluding carboxylic acids is 2.